The summed E-state index contributed by atoms with van der Waals surface area (Å²) < 4.78 is 11.0. The van der Waals surface area contributed by atoms with E-state index >= 15 is 0 Å². The molecule has 4 heteroatoms. The number of carbonyl (C=O) groups is 1. The standard InChI is InChI=1S/C15H24O4/c1-9-2-3-10(4-14(9)16)8-18-15(17)11-5-12-7-13(6-11)19-12/h9-14,16H,2-8H2,1H3/t9-,10?,11?,12?,13?,14?/m0/s1. The van der Waals surface area contributed by atoms with Crippen LogP contribution in [0.25, 0.3) is 0 Å². The molecule has 2 aliphatic heterocycles. The first-order chi connectivity index (χ1) is 9.11. The second-order valence-corrected chi connectivity index (χ2v) is 6.64. The fraction of sp³-hybridized carbons (Fsp3) is 0.933. The molecule has 0 radical (unpaired) electrons. The zero-order chi connectivity index (χ0) is 13.4. The molecule has 1 N–H and O–H groups in total. The Hall–Kier alpha value is -0.610. The van der Waals surface area contributed by atoms with Crippen LogP contribution in [0.5, 0.6) is 0 Å². The van der Waals surface area contributed by atoms with Crippen molar-refractivity contribution >= 4 is 5.97 Å². The van der Waals surface area contributed by atoms with Crippen LogP contribution < -0.4 is 0 Å². The second kappa shape index (κ2) is 5.41. The molecule has 108 valence electrons. The largest absolute Gasteiger partial charge is 0.465 e. The molecule has 0 amide bonds. The lowest BCUT2D eigenvalue weighted by atomic mass is 9.80. The van der Waals surface area contributed by atoms with Crippen molar-refractivity contribution in [1.82, 2.24) is 0 Å². The van der Waals surface area contributed by atoms with Crippen LogP contribution in [0.4, 0.5) is 0 Å². The van der Waals surface area contributed by atoms with E-state index in [-0.39, 0.29) is 18.0 Å². The summed E-state index contributed by atoms with van der Waals surface area (Å²) in [7, 11) is 0. The summed E-state index contributed by atoms with van der Waals surface area (Å²) in [6.07, 6.45) is 6.02. The highest BCUT2D eigenvalue weighted by atomic mass is 16.5. The highest BCUT2D eigenvalue weighted by Gasteiger charge is 2.42. The zero-order valence-corrected chi connectivity index (χ0v) is 11.6. The number of aliphatic hydroxyl groups is 1. The van der Waals surface area contributed by atoms with E-state index in [1.54, 1.807) is 0 Å². The number of esters is 1. The molecule has 4 unspecified atom stereocenters. The number of rotatable bonds is 3. The summed E-state index contributed by atoms with van der Waals surface area (Å²) in [5, 5.41) is 9.85. The average molecular weight is 268 g/mol. The van der Waals surface area contributed by atoms with Gasteiger partial charge in [-0.25, -0.2) is 0 Å². The van der Waals surface area contributed by atoms with Crippen LogP contribution >= 0.6 is 0 Å². The molecule has 2 heterocycles. The first kappa shape index (κ1) is 13.4. The minimum Gasteiger partial charge on any atom is -0.465 e. The maximum absolute atomic E-state index is 12.0. The highest BCUT2D eigenvalue weighted by Crippen LogP contribution is 2.39. The van der Waals surface area contributed by atoms with Crippen LogP contribution in [0, 0.1) is 17.8 Å². The predicted octanol–water partition coefficient (Wildman–Crippen LogP) is 1.89. The van der Waals surface area contributed by atoms with E-state index in [9.17, 15) is 9.90 Å². The smallest absolute Gasteiger partial charge is 0.309 e. The summed E-state index contributed by atoms with van der Waals surface area (Å²) in [6, 6.07) is 0. The van der Waals surface area contributed by atoms with E-state index in [1.165, 1.54) is 0 Å². The summed E-state index contributed by atoms with van der Waals surface area (Å²) >= 11 is 0. The number of ether oxygens (including phenoxy) is 2. The van der Waals surface area contributed by atoms with Gasteiger partial charge in [0.15, 0.2) is 0 Å². The van der Waals surface area contributed by atoms with Crippen molar-refractivity contribution in [3.63, 3.8) is 0 Å². The van der Waals surface area contributed by atoms with Gasteiger partial charge in [0.05, 0.1) is 30.8 Å². The Balaban J connectivity index is 1.41. The SMILES string of the molecule is C[C@H]1CCC(COC(=O)C2CC3CC(C2)O3)CC1O. The Kier molecular flexibility index (Phi) is 3.81. The number of carbonyl (C=O) groups excluding carboxylic acids is 1. The maximum atomic E-state index is 12.0. The third-order valence-electron chi connectivity index (χ3n) is 5.06. The van der Waals surface area contributed by atoms with Gasteiger partial charge in [-0.3, -0.25) is 4.79 Å². The first-order valence-corrected chi connectivity index (χ1v) is 7.62. The van der Waals surface area contributed by atoms with E-state index in [0.29, 0.717) is 30.7 Å². The highest BCUT2D eigenvalue weighted by molar-refractivity contribution is 5.72. The molecule has 19 heavy (non-hydrogen) atoms. The summed E-state index contributed by atoms with van der Waals surface area (Å²) in [4.78, 5) is 12.0. The van der Waals surface area contributed by atoms with Gasteiger partial charge in [-0.15, -0.1) is 0 Å². The van der Waals surface area contributed by atoms with Crippen molar-refractivity contribution < 1.29 is 19.4 Å². The van der Waals surface area contributed by atoms with E-state index < -0.39 is 0 Å². The Labute approximate surface area is 114 Å². The lowest BCUT2D eigenvalue weighted by molar-refractivity contribution is -0.189. The minimum absolute atomic E-state index is 0.0462. The topological polar surface area (TPSA) is 55.8 Å². The number of hydrogen-bond acceptors (Lipinski definition) is 4. The molecule has 0 aromatic rings. The van der Waals surface area contributed by atoms with Crippen molar-refractivity contribution in [2.75, 3.05) is 6.61 Å². The molecule has 2 saturated carbocycles. The van der Waals surface area contributed by atoms with Gasteiger partial charge in [0, 0.05) is 0 Å². The van der Waals surface area contributed by atoms with Gasteiger partial charge in [-0.1, -0.05) is 6.92 Å². The molecule has 4 nitrogen and oxygen atoms in total. The molecule has 5 atom stereocenters. The molecule has 0 spiro atoms. The lowest BCUT2D eigenvalue weighted by Gasteiger charge is -2.44. The molecule has 4 aliphatic rings. The molecule has 4 fully saturated rings. The van der Waals surface area contributed by atoms with Crippen LogP contribution in [-0.2, 0) is 14.3 Å². The molecule has 2 bridgehead atoms. The molecule has 0 aromatic carbocycles. The molecular formula is C15H24O4. The van der Waals surface area contributed by atoms with Crippen LogP contribution in [-0.4, -0.2) is 36.0 Å². The van der Waals surface area contributed by atoms with Gasteiger partial charge in [0.2, 0.25) is 0 Å². The van der Waals surface area contributed by atoms with Gasteiger partial charge in [-0.2, -0.15) is 0 Å². The maximum Gasteiger partial charge on any atom is 0.309 e. The monoisotopic (exact) mass is 268 g/mol. The Bertz CT molecular complexity index is 327. The fourth-order valence-electron chi connectivity index (χ4n) is 3.63. The quantitative estimate of drug-likeness (QED) is 0.794. The summed E-state index contributed by atoms with van der Waals surface area (Å²) in [5.41, 5.74) is 0. The molecule has 2 aliphatic carbocycles. The number of hydrogen-bond donors (Lipinski definition) is 1. The van der Waals surface area contributed by atoms with Gasteiger partial charge < -0.3 is 14.6 Å². The Morgan fingerprint density at radius 1 is 1.21 bits per heavy atom. The lowest BCUT2D eigenvalue weighted by Crippen LogP contribution is -2.47. The number of aliphatic hydroxyl groups excluding tert-OH is 1. The van der Waals surface area contributed by atoms with E-state index in [4.69, 9.17) is 9.47 Å². The Morgan fingerprint density at radius 3 is 2.53 bits per heavy atom. The molecular weight excluding hydrogens is 244 g/mol. The van der Waals surface area contributed by atoms with Crippen LogP contribution in [0.3, 0.4) is 0 Å². The number of fused-ring (bicyclic) bond motifs is 2. The molecule has 0 aromatic heterocycles. The van der Waals surface area contributed by atoms with Gasteiger partial charge in [0.1, 0.15) is 0 Å². The zero-order valence-electron chi connectivity index (χ0n) is 11.6. The van der Waals surface area contributed by atoms with Crippen molar-refractivity contribution in [3.05, 3.63) is 0 Å². The molecule has 2 saturated heterocycles. The van der Waals surface area contributed by atoms with Gasteiger partial charge >= 0.3 is 5.97 Å². The van der Waals surface area contributed by atoms with Crippen molar-refractivity contribution in [3.8, 4) is 0 Å². The normalized spacial score (nSPS) is 45.4. The molecule has 4 rings (SSSR count). The average Bonchev–Trinajstić information content (AvgIpc) is 2.39. The van der Waals surface area contributed by atoms with Crippen LogP contribution in [0.15, 0.2) is 0 Å². The minimum atomic E-state index is -0.229. The van der Waals surface area contributed by atoms with Gasteiger partial charge in [-0.05, 0) is 50.4 Å². The second-order valence-electron chi connectivity index (χ2n) is 6.64. The van der Waals surface area contributed by atoms with Crippen LogP contribution in [0.1, 0.15) is 45.4 Å². The first-order valence-electron chi connectivity index (χ1n) is 7.62. The third kappa shape index (κ3) is 2.95. The van der Waals surface area contributed by atoms with E-state index in [0.717, 1.165) is 38.5 Å². The van der Waals surface area contributed by atoms with Crippen molar-refractivity contribution in [2.45, 2.75) is 63.8 Å². The van der Waals surface area contributed by atoms with Crippen molar-refractivity contribution in [1.29, 1.82) is 0 Å². The summed E-state index contributed by atoms with van der Waals surface area (Å²) in [6.45, 7) is 2.57. The van der Waals surface area contributed by atoms with Gasteiger partial charge in [0.25, 0.3) is 0 Å². The van der Waals surface area contributed by atoms with E-state index in [2.05, 4.69) is 6.92 Å². The summed E-state index contributed by atoms with van der Waals surface area (Å²) in [5.74, 6) is 0.718. The predicted molar refractivity (Wildman–Crippen MR) is 69.5 cm³/mol. The van der Waals surface area contributed by atoms with Crippen LogP contribution in [0.2, 0.25) is 0 Å². The van der Waals surface area contributed by atoms with Crippen molar-refractivity contribution in [2.24, 2.45) is 17.8 Å². The third-order valence-corrected chi connectivity index (χ3v) is 5.06. The Morgan fingerprint density at radius 2 is 1.89 bits per heavy atom. The fourth-order valence-corrected chi connectivity index (χ4v) is 3.63. The van der Waals surface area contributed by atoms with E-state index in [1.807, 2.05) is 0 Å².